The molecule has 2 N–H and O–H groups in total. The SMILES string of the molecule is C#CC.C/C=C(C)\C=C/Cn1nc(C(C)(C)C(C)CC)cc1NC(=O)Nc1ccc(CC2=CN=C(CN3CCOCC3)CC=C2)c2ccccc12.CC. The van der Waals surface area contributed by atoms with Crippen molar-refractivity contribution >= 4 is 34.0 Å². The van der Waals surface area contributed by atoms with E-state index < -0.39 is 0 Å². The Morgan fingerprint density at radius 2 is 1.81 bits per heavy atom. The van der Waals surface area contributed by atoms with Gasteiger partial charge in [-0.15, -0.1) is 12.3 Å². The summed E-state index contributed by atoms with van der Waals surface area (Å²) in [5.74, 6) is 3.35. The number of benzene rings is 2. The van der Waals surface area contributed by atoms with Crippen molar-refractivity contribution in [3.8, 4) is 12.3 Å². The average Bonchev–Trinajstić information content (AvgIpc) is 3.44. The lowest BCUT2D eigenvalue weighted by Crippen LogP contribution is -2.39. The van der Waals surface area contributed by atoms with E-state index in [1.807, 2.05) is 55.9 Å². The zero-order valence-corrected chi connectivity index (χ0v) is 33.6. The van der Waals surface area contributed by atoms with Gasteiger partial charge in [0.05, 0.1) is 31.1 Å². The Kier molecular flexibility index (Phi) is 17.5. The van der Waals surface area contributed by atoms with Crippen molar-refractivity contribution in [2.45, 2.75) is 93.5 Å². The van der Waals surface area contributed by atoms with Gasteiger partial charge in [-0.05, 0) is 55.7 Å². The number of aromatic nitrogens is 2. The molecule has 3 aromatic rings. The molecule has 1 atom stereocenters. The summed E-state index contributed by atoms with van der Waals surface area (Å²) in [5, 5.41) is 13.3. The van der Waals surface area contributed by atoms with E-state index in [0.29, 0.717) is 18.3 Å². The van der Waals surface area contributed by atoms with Gasteiger partial charge in [0.15, 0.2) is 0 Å². The minimum absolute atomic E-state index is 0.139. The third-order valence-electron chi connectivity index (χ3n) is 9.91. The van der Waals surface area contributed by atoms with Crippen molar-refractivity contribution in [1.29, 1.82) is 0 Å². The lowest BCUT2D eigenvalue weighted by molar-refractivity contribution is 0.0452. The highest BCUT2D eigenvalue weighted by molar-refractivity contribution is 6.06. The number of morpholine rings is 1. The maximum atomic E-state index is 13.5. The van der Waals surface area contributed by atoms with Gasteiger partial charge in [0.1, 0.15) is 5.82 Å². The number of terminal acetylenes is 1. The second-order valence-corrected chi connectivity index (χ2v) is 13.8. The Hall–Kier alpha value is -4.71. The van der Waals surface area contributed by atoms with E-state index in [1.54, 1.807) is 6.92 Å². The van der Waals surface area contributed by atoms with Crippen LogP contribution in [0.3, 0.4) is 0 Å². The number of urea groups is 1. The zero-order chi connectivity index (χ0) is 38.8. The number of allylic oxidation sites excluding steroid dienone is 7. The molecule has 2 aliphatic heterocycles. The first-order valence-corrected chi connectivity index (χ1v) is 19.1. The van der Waals surface area contributed by atoms with Crippen molar-refractivity contribution in [1.82, 2.24) is 14.7 Å². The first kappa shape index (κ1) is 42.7. The highest BCUT2D eigenvalue weighted by Crippen LogP contribution is 2.34. The van der Waals surface area contributed by atoms with E-state index in [0.717, 1.165) is 74.3 Å². The second kappa shape index (κ2) is 21.7. The predicted molar refractivity (Wildman–Crippen MR) is 226 cm³/mol. The lowest BCUT2D eigenvalue weighted by atomic mass is 9.76. The summed E-state index contributed by atoms with van der Waals surface area (Å²) in [6.07, 6.45) is 19.9. The number of nitrogens with zero attached hydrogens (tertiary/aromatic N) is 4. The van der Waals surface area contributed by atoms with Gasteiger partial charge in [-0.1, -0.05) is 114 Å². The number of fused-ring (bicyclic) bond motifs is 1. The lowest BCUT2D eigenvalue weighted by Gasteiger charge is -2.29. The van der Waals surface area contributed by atoms with Crippen LogP contribution in [-0.4, -0.2) is 59.3 Å². The summed E-state index contributed by atoms with van der Waals surface area (Å²) in [5.41, 5.74) is 6.31. The Morgan fingerprint density at radius 3 is 2.49 bits per heavy atom. The van der Waals surface area contributed by atoms with Gasteiger partial charge in [0.25, 0.3) is 0 Å². The van der Waals surface area contributed by atoms with E-state index in [9.17, 15) is 4.79 Å². The van der Waals surface area contributed by atoms with Crippen molar-refractivity contribution < 1.29 is 9.53 Å². The molecule has 0 bridgehead atoms. The molecule has 3 heterocycles. The summed E-state index contributed by atoms with van der Waals surface area (Å²) < 4.78 is 7.37. The zero-order valence-electron chi connectivity index (χ0n) is 33.6. The standard InChI is InChI=1S/C40H52N6O2.C3H4.C2H6/c1-7-29(3)13-12-20-46-38(26-37(44-46)40(5,6)30(4)8-2)43-39(47)42-36-19-18-32(34-16-9-10-17-35(34)36)25-31-14-11-15-33(41-27-31)28-45-21-23-48-24-22-45;1-3-2;1-2/h7,9-14,16-19,26-27,30H,8,15,20-25,28H2,1-6H3,(H2,42,43,47);1H,2H3;1-2H3/b13-12-,29-7-;;. The Labute approximate surface area is 319 Å². The Balaban J connectivity index is 0.00000144. The molecule has 1 aromatic heterocycles. The predicted octanol–water partition coefficient (Wildman–Crippen LogP) is 10.4. The quantitative estimate of drug-likeness (QED) is 0.144. The number of carbonyl (C=O) groups is 1. The van der Waals surface area contributed by atoms with Crippen LogP contribution in [0.2, 0.25) is 0 Å². The second-order valence-electron chi connectivity index (χ2n) is 13.8. The number of nitrogens with one attached hydrogen (secondary N) is 2. The molecule has 284 valence electrons. The van der Waals surface area contributed by atoms with Crippen LogP contribution in [0.5, 0.6) is 0 Å². The first-order chi connectivity index (χ1) is 25.6. The highest BCUT2D eigenvalue weighted by atomic mass is 16.5. The molecule has 5 rings (SSSR count). The molecule has 0 aliphatic carbocycles. The fraction of sp³-hybridized carbons (Fsp3) is 0.444. The normalized spacial score (nSPS) is 15.6. The van der Waals surface area contributed by atoms with E-state index in [4.69, 9.17) is 14.8 Å². The number of amides is 2. The van der Waals surface area contributed by atoms with Gasteiger partial charge in [0, 0.05) is 54.8 Å². The Morgan fingerprint density at radius 1 is 1.11 bits per heavy atom. The average molecular weight is 719 g/mol. The number of hydrogen-bond donors (Lipinski definition) is 2. The molecule has 0 spiro atoms. The molecule has 2 aromatic carbocycles. The van der Waals surface area contributed by atoms with Gasteiger partial charge >= 0.3 is 6.03 Å². The minimum atomic E-state index is -0.299. The molecule has 1 fully saturated rings. The van der Waals surface area contributed by atoms with Gasteiger partial charge in [-0.3, -0.25) is 15.2 Å². The van der Waals surface area contributed by atoms with E-state index in [1.165, 1.54) is 22.4 Å². The van der Waals surface area contributed by atoms with Crippen molar-refractivity contribution in [2.24, 2.45) is 10.9 Å². The number of hydrogen-bond acceptors (Lipinski definition) is 5. The maximum Gasteiger partial charge on any atom is 0.324 e. The molecule has 0 radical (unpaired) electrons. The summed E-state index contributed by atoms with van der Waals surface area (Å²) in [7, 11) is 0. The van der Waals surface area contributed by atoms with Gasteiger partial charge in [-0.2, -0.15) is 5.10 Å². The van der Waals surface area contributed by atoms with Crippen LogP contribution in [0.15, 0.2) is 95.2 Å². The molecule has 1 unspecified atom stereocenters. The topological polar surface area (TPSA) is 83.8 Å². The van der Waals surface area contributed by atoms with Crippen LogP contribution in [0.4, 0.5) is 16.3 Å². The van der Waals surface area contributed by atoms with Gasteiger partial charge in [0.2, 0.25) is 0 Å². The van der Waals surface area contributed by atoms with Crippen LogP contribution >= 0.6 is 0 Å². The van der Waals surface area contributed by atoms with E-state index >= 15 is 0 Å². The van der Waals surface area contributed by atoms with Gasteiger partial charge < -0.3 is 10.1 Å². The molecule has 8 nitrogen and oxygen atoms in total. The smallest absolute Gasteiger partial charge is 0.324 e. The summed E-state index contributed by atoms with van der Waals surface area (Å²) in [4.78, 5) is 20.8. The van der Waals surface area contributed by atoms with Crippen LogP contribution in [0.25, 0.3) is 10.8 Å². The van der Waals surface area contributed by atoms with E-state index in [2.05, 4.69) is 111 Å². The fourth-order valence-electron chi connectivity index (χ4n) is 6.13. The number of ether oxygens (including phenoxy) is 1. The molecular formula is C45H62N6O2. The molecule has 1 saturated heterocycles. The summed E-state index contributed by atoms with van der Waals surface area (Å²) >= 11 is 0. The van der Waals surface area contributed by atoms with Crippen LogP contribution in [0, 0.1) is 18.3 Å². The van der Waals surface area contributed by atoms with Crippen molar-refractivity contribution in [3.05, 3.63) is 101 Å². The Bertz CT molecular complexity index is 1830. The first-order valence-electron chi connectivity index (χ1n) is 19.1. The van der Waals surface area contributed by atoms with Crippen LogP contribution < -0.4 is 10.6 Å². The third-order valence-corrected chi connectivity index (χ3v) is 9.91. The van der Waals surface area contributed by atoms with Crippen molar-refractivity contribution in [3.63, 3.8) is 0 Å². The van der Waals surface area contributed by atoms with Crippen LogP contribution in [0.1, 0.15) is 86.4 Å². The van der Waals surface area contributed by atoms with Crippen LogP contribution in [-0.2, 0) is 23.1 Å². The molecule has 2 aliphatic rings. The van der Waals surface area contributed by atoms with E-state index in [-0.39, 0.29) is 11.4 Å². The highest BCUT2D eigenvalue weighted by Gasteiger charge is 2.30. The molecular weight excluding hydrogens is 657 g/mol. The largest absolute Gasteiger partial charge is 0.379 e. The van der Waals surface area contributed by atoms with Crippen molar-refractivity contribution in [2.75, 3.05) is 43.5 Å². The maximum absolute atomic E-state index is 13.5. The number of anilines is 2. The molecule has 8 heteroatoms. The molecule has 53 heavy (non-hydrogen) atoms. The summed E-state index contributed by atoms with van der Waals surface area (Å²) in [6.45, 7) is 23.6. The van der Waals surface area contributed by atoms with Gasteiger partial charge in [-0.25, -0.2) is 9.48 Å². The number of rotatable bonds is 12. The molecule has 2 amide bonds. The minimum Gasteiger partial charge on any atom is -0.379 e. The molecule has 0 saturated carbocycles. The number of aliphatic imine (C=N–C) groups is 1. The number of carbonyl (C=O) groups excluding carboxylic acids is 1. The third kappa shape index (κ3) is 12.4. The monoisotopic (exact) mass is 718 g/mol. The summed E-state index contributed by atoms with van der Waals surface area (Å²) in [6, 6.07) is 14.1. The fourth-order valence-corrected chi connectivity index (χ4v) is 6.13.